The summed E-state index contributed by atoms with van der Waals surface area (Å²) >= 11 is 7.76. The number of amides is 1. The van der Waals surface area contributed by atoms with E-state index in [-0.39, 0.29) is 50.7 Å². The highest BCUT2D eigenvalue weighted by Gasteiger charge is 2.35. The van der Waals surface area contributed by atoms with Gasteiger partial charge in [0.2, 0.25) is 10.0 Å². The molecule has 3 heterocycles. The molecule has 12 nitrogen and oxygen atoms in total. The van der Waals surface area contributed by atoms with Gasteiger partial charge in [-0.3, -0.25) is 14.0 Å². The summed E-state index contributed by atoms with van der Waals surface area (Å²) in [5.74, 6) is -2.15. The summed E-state index contributed by atoms with van der Waals surface area (Å²) in [7, 11) is -2.84. The van der Waals surface area contributed by atoms with Gasteiger partial charge in [0.1, 0.15) is 40.2 Å². The number of rotatable bonds is 11. The average Bonchev–Trinajstić information content (AvgIpc) is 3.71. The summed E-state index contributed by atoms with van der Waals surface area (Å²) in [5.41, 5.74) is -2.08. The highest BCUT2D eigenvalue weighted by molar-refractivity contribution is 7.92. The summed E-state index contributed by atoms with van der Waals surface area (Å²) in [5, 5.41) is 7.92. The summed E-state index contributed by atoms with van der Waals surface area (Å²) in [6, 6.07) is 11.4. The van der Waals surface area contributed by atoms with Crippen LogP contribution in [-0.2, 0) is 34.3 Å². The van der Waals surface area contributed by atoms with E-state index in [0.717, 1.165) is 38.6 Å². The number of benzene rings is 3. The van der Waals surface area contributed by atoms with Gasteiger partial charge in [-0.05, 0) is 79.7 Å². The zero-order valence-electron chi connectivity index (χ0n) is 30.8. The number of hydrogen-bond acceptors (Lipinski definition) is 9. The largest absolute Gasteiger partial charge is 0.497 e. The highest BCUT2D eigenvalue weighted by atomic mass is 35.5. The second-order valence-electron chi connectivity index (χ2n) is 13.9. The fraction of sp³-hybridized carbons (Fsp3) is 0.297. The Bertz CT molecular complexity index is 2640. The number of fused-ring (bicyclic) bond motifs is 2. The predicted octanol–water partition coefficient (Wildman–Crippen LogP) is 8.07. The molecule has 0 saturated carbocycles. The van der Waals surface area contributed by atoms with E-state index in [1.165, 1.54) is 25.3 Å². The maximum Gasteiger partial charge on any atom is 0.408 e. The number of alkyl halides is 3. The van der Waals surface area contributed by atoms with Gasteiger partial charge in [-0.2, -0.15) is 18.3 Å². The lowest BCUT2D eigenvalue weighted by Crippen LogP contribution is -2.39. The van der Waals surface area contributed by atoms with Crippen LogP contribution < -0.4 is 19.9 Å². The molecule has 3 aromatic heterocycles. The van der Waals surface area contributed by atoms with Gasteiger partial charge in [0, 0.05) is 12.5 Å². The van der Waals surface area contributed by atoms with Crippen LogP contribution in [0.4, 0.5) is 32.6 Å². The first-order valence-corrected chi connectivity index (χ1v) is 20.0. The van der Waals surface area contributed by atoms with Crippen LogP contribution in [-0.4, -0.2) is 59.0 Å². The zero-order valence-corrected chi connectivity index (χ0v) is 33.2. The lowest BCUT2D eigenvalue weighted by atomic mass is 10.0. The Morgan fingerprint density at radius 3 is 2.28 bits per heavy atom. The Balaban J connectivity index is 1.66. The second kappa shape index (κ2) is 15.6. The number of anilines is 1. The minimum absolute atomic E-state index is 0.0219. The highest BCUT2D eigenvalue weighted by Crippen LogP contribution is 2.40. The first kappa shape index (κ1) is 41.4. The van der Waals surface area contributed by atoms with Crippen LogP contribution in [0, 0.1) is 11.6 Å². The smallest absolute Gasteiger partial charge is 0.408 e. The normalized spacial score (nSPS) is 12.9. The topological polar surface area (TPSA) is 138 Å². The molecule has 6 rings (SSSR count). The number of methoxy groups -OCH3 is 1. The quantitative estimate of drug-likeness (QED) is 0.129. The first-order chi connectivity index (χ1) is 26.6. The van der Waals surface area contributed by atoms with Gasteiger partial charge in [0.05, 0.1) is 53.0 Å². The summed E-state index contributed by atoms with van der Waals surface area (Å²) in [4.78, 5) is 32.7. The average molecular weight is 853 g/mol. The zero-order chi connectivity index (χ0) is 41.6. The monoisotopic (exact) mass is 852 g/mol. The number of halogens is 6. The molecule has 0 aliphatic rings. The van der Waals surface area contributed by atoms with Gasteiger partial charge >= 0.3 is 12.3 Å². The van der Waals surface area contributed by atoms with Crippen molar-refractivity contribution in [2.75, 3.05) is 17.7 Å². The van der Waals surface area contributed by atoms with Gasteiger partial charge in [-0.1, -0.05) is 23.7 Å². The molecular formula is C37H34ClF5N6O6S2. The van der Waals surface area contributed by atoms with Crippen LogP contribution in [0.2, 0.25) is 5.02 Å². The molecule has 1 N–H and O–H groups in total. The fourth-order valence-corrected chi connectivity index (χ4v) is 7.97. The minimum atomic E-state index is -4.92. The van der Waals surface area contributed by atoms with Gasteiger partial charge in [0.15, 0.2) is 5.82 Å². The molecule has 0 bridgehead atoms. The molecule has 20 heteroatoms. The molecule has 0 spiro atoms. The third-order valence-corrected chi connectivity index (χ3v) is 10.6. The minimum Gasteiger partial charge on any atom is -0.497 e. The first-order valence-electron chi connectivity index (χ1n) is 16.9. The molecule has 6 aromatic rings. The van der Waals surface area contributed by atoms with Crippen molar-refractivity contribution in [2.45, 2.75) is 58.1 Å². The molecule has 1 atom stereocenters. The van der Waals surface area contributed by atoms with Gasteiger partial charge < -0.3 is 14.8 Å². The van der Waals surface area contributed by atoms with Crippen LogP contribution in [0.1, 0.15) is 43.8 Å². The molecule has 1 amide bonds. The van der Waals surface area contributed by atoms with Crippen molar-refractivity contribution in [3.8, 4) is 11.4 Å². The maximum atomic E-state index is 14.6. The Morgan fingerprint density at radius 2 is 1.68 bits per heavy atom. The Morgan fingerprint density at radius 1 is 1.02 bits per heavy atom. The lowest BCUT2D eigenvalue weighted by molar-refractivity contribution is -0.141. The molecule has 0 unspecified atom stereocenters. The molecule has 302 valence electrons. The van der Waals surface area contributed by atoms with Crippen molar-refractivity contribution in [3.63, 3.8) is 0 Å². The fourth-order valence-electron chi connectivity index (χ4n) is 6.15. The van der Waals surface area contributed by atoms with Gasteiger partial charge in [-0.25, -0.2) is 31.3 Å². The van der Waals surface area contributed by atoms with Crippen LogP contribution in [0.25, 0.3) is 26.8 Å². The molecule has 3 aromatic carbocycles. The van der Waals surface area contributed by atoms with Crippen molar-refractivity contribution in [3.05, 3.63) is 110 Å². The summed E-state index contributed by atoms with van der Waals surface area (Å²) in [6.45, 7) is 2.63. The Hall–Kier alpha value is -5.27. The predicted molar refractivity (Wildman–Crippen MR) is 206 cm³/mol. The van der Waals surface area contributed by atoms with E-state index in [2.05, 4.69) is 15.4 Å². The molecule has 0 radical (unpaired) electrons. The summed E-state index contributed by atoms with van der Waals surface area (Å²) in [6.07, 6.45) is -5.47. The standard InChI is InChI=1S/C37H34ClF5N6O6S2/c1-36(2,3)55-35(51)44-27(16-21-14-22(39)17-23(40)15-21)31-45-33-25(12-13-56-33)34(50)49(31)28-11-10-26(38)29-30(28)47(19-37(41,42)43)46-32(29)48(57(5,52)53)18-20-6-8-24(54-4)9-7-20/h6-15,17,27H,16,18-19H2,1-5H3,(H,44,51)/t27-/m0/s1. The Labute approximate surface area is 331 Å². The summed E-state index contributed by atoms with van der Waals surface area (Å²) < 4.78 is 112. The van der Waals surface area contributed by atoms with E-state index in [9.17, 15) is 40.0 Å². The molecule has 0 fully saturated rings. The van der Waals surface area contributed by atoms with E-state index in [1.54, 1.807) is 50.4 Å². The number of nitrogens with zero attached hydrogens (tertiary/aromatic N) is 5. The van der Waals surface area contributed by atoms with Gasteiger partial charge in [0.25, 0.3) is 5.56 Å². The van der Waals surface area contributed by atoms with Crippen molar-refractivity contribution >= 4 is 66.0 Å². The van der Waals surface area contributed by atoms with Crippen LogP contribution in [0.5, 0.6) is 5.75 Å². The van der Waals surface area contributed by atoms with Crippen LogP contribution in [0.15, 0.2) is 70.8 Å². The van der Waals surface area contributed by atoms with Crippen molar-refractivity contribution < 1.29 is 44.6 Å². The third-order valence-electron chi connectivity index (χ3n) is 8.38. The molecule has 0 aliphatic carbocycles. The number of hydrogen-bond donors (Lipinski definition) is 1. The number of carbonyl (C=O) groups is 1. The molecule has 57 heavy (non-hydrogen) atoms. The molecular weight excluding hydrogens is 819 g/mol. The SMILES string of the molecule is COc1ccc(CN(c2nn(CC(F)(F)F)c3c(-n4c([C@H](Cc5cc(F)cc(F)c5)NC(=O)OC(C)(C)C)nc5sccc5c4=O)ccc(Cl)c23)S(C)(=O)=O)cc1. The number of sulfonamides is 1. The number of aromatic nitrogens is 4. The Kier molecular flexibility index (Phi) is 11.3. The number of alkyl carbamates (subject to hydrolysis) is 1. The number of ether oxygens (including phenoxy) is 2. The van der Waals surface area contributed by atoms with Crippen molar-refractivity contribution in [1.29, 1.82) is 0 Å². The second-order valence-corrected chi connectivity index (χ2v) is 17.1. The van der Waals surface area contributed by atoms with Gasteiger partial charge in [-0.15, -0.1) is 11.3 Å². The van der Waals surface area contributed by atoms with E-state index < -0.39 is 69.0 Å². The van der Waals surface area contributed by atoms with Crippen LogP contribution >= 0.6 is 22.9 Å². The van der Waals surface area contributed by atoms with Crippen molar-refractivity contribution in [2.24, 2.45) is 0 Å². The molecule has 0 saturated heterocycles. The molecule has 0 aliphatic heterocycles. The lowest BCUT2D eigenvalue weighted by Gasteiger charge is -2.25. The number of thiophene rings is 1. The third kappa shape index (κ3) is 9.31. The number of nitrogens with one attached hydrogen (secondary N) is 1. The van der Waals surface area contributed by atoms with E-state index in [1.807, 2.05) is 0 Å². The van der Waals surface area contributed by atoms with E-state index in [0.29, 0.717) is 22.1 Å². The number of carbonyl (C=O) groups excluding carboxylic acids is 1. The maximum absolute atomic E-state index is 14.6. The van der Waals surface area contributed by atoms with E-state index >= 15 is 0 Å². The van der Waals surface area contributed by atoms with E-state index in [4.69, 9.17) is 21.1 Å². The van der Waals surface area contributed by atoms with Crippen molar-refractivity contribution in [1.82, 2.24) is 24.6 Å². The van der Waals surface area contributed by atoms with Crippen LogP contribution in [0.3, 0.4) is 0 Å².